The molecule has 0 aliphatic heterocycles. The van der Waals surface area contributed by atoms with Crippen LogP contribution in [0.25, 0.3) is 11.0 Å². The van der Waals surface area contributed by atoms with Crippen molar-refractivity contribution in [1.82, 2.24) is 9.55 Å². The molecule has 17 heavy (non-hydrogen) atoms. The van der Waals surface area contributed by atoms with Gasteiger partial charge in [0.1, 0.15) is 11.6 Å². The lowest BCUT2D eigenvalue weighted by Crippen LogP contribution is -2.35. The Balaban J connectivity index is 2.73. The van der Waals surface area contributed by atoms with Gasteiger partial charge in [0.2, 0.25) is 0 Å². The predicted octanol–water partition coefficient (Wildman–Crippen LogP) is 2.78. The van der Waals surface area contributed by atoms with Crippen molar-refractivity contribution in [1.29, 1.82) is 0 Å². The molecule has 3 nitrogen and oxygen atoms in total. The summed E-state index contributed by atoms with van der Waals surface area (Å²) in [5.74, 6) is 0.581. The molecule has 0 saturated carbocycles. The minimum absolute atomic E-state index is 0.242. The van der Waals surface area contributed by atoms with Crippen molar-refractivity contribution in [3.05, 3.63) is 29.8 Å². The fraction of sp³-hybridized carbons (Fsp3) is 0.462. The highest BCUT2D eigenvalue weighted by molar-refractivity contribution is 5.76. The van der Waals surface area contributed by atoms with Gasteiger partial charge in [0.25, 0.3) is 0 Å². The Morgan fingerprint density at radius 2 is 2.12 bits per heavy atom. The second-order valence-corrected chi connectivity index (χ2v) is 4.58. The monoisotopic (exact) mass is 235 g/mol. The first kappa shape index (κ1) is 12.0. The van der Waals surface area contributed by atoms with Gasteiger partial charge < -0.3 is 10.3 Å². The summed E-state index contributed by atoms with van der Waals surface area (Å²) >= 11 is 0. The number of nitrogens with zero attached hydrogens (tertiary/aromatic N) is 2. The van der Waals surface area contributed by atoms with Gasteiger partial charge in [0.05, 0.1) is 16.6 Å². The lowest BCUT2D eigenvalue weighted by atomic mass is 9.99. The molecule has 0 amide bonds. The molecule has 1 heterocycles. The van der Waals surface area contributed by atoms with Crippen LogP contribution in [-0.2, 0) is 12.1 Å². The number of fused-ring (bicyclic) bond motifs is 1. The zero-order valence-corrected chi connectivity index (χ0v) is 10.5. The second-order valence-electron chi connectivity index (χ2n) is 4.58. The third-order valence-corrected chi connectivity index (χ3v) is 3.27. The van der Waals surface area contributed by atoms with Crippen LogP contribution in [0.15, 0.2) is 18.2 Å². The Kier molecular flexibility index (Phi) is 2.91. The molecule has 2 N–H and O–H groups in total. The van der Waals surface area contributed by atoms with E-state index in [1.54, 1.807) is 6.07 Å². The molecule has 2 aromatic rings. The smallest absolute Gasteiger partial charge is 0.129 e. The van der Waals surface area contributed by atoms with Gasteiger partial charge in [-0.05, 0) is 38.5 Å². The summed E-state index contributed by atoms with van der Waals surface area (Å²) in [6.07, 6.45) is 0.790. The number of hydrogen-bond donors (Lipinski definition) is 1. The van der Waals surface area contributed by atoms with E-state index < -0.39 is 5.54 Å². The van der Waals surface area contributed by atoms with Gasteiger partial charge in [-0.3, -0.25) is 0 Å². The Labute approximate surface area is 100 Å². The number of halogens is 1. The van der Waals surface area contributed by atoms with Crippen molar-refractivity contribution >= 4 is 11.0 Å². The summed E-state index contributed by atoms with van der Waals surface area (Å²) in [5, 5.41) is 0. The van der Waals surface area contributed by atoms with E-state index in [0.717, 1.165) is 29.8 Å². The molecule has 1 atom stereocenters. The van der Waals surface area contributed by atoms with Gasteiger partial charge in [-0.1, -0.05) is 6.92 Å². The number of benzene rings is 1. The summed E-state index contributed by atoms with van der Waals surface area (Å²) in [6, 6.07) is 4.64. The van der Waals surface area contributed by atoms with Gasteiger partial charge >= 0.3 is 0 Å². The number of hydrogen-bond acceptors (Lipinski definition) is 2. The molecule has 2 rings (SSSR count). The molecule has 1 aromatic carbocycles. The second kappa shape index (κ2) is 4.11. The third kappa shape index (κ3) is 1.93. The molecular weight excluding hydrogens is 217 g/mol. The van der Waals surface area contributed by atoms with Crippen LogP contribution in [0.3, 0.4) is 0 Å². The Bertz CT molecular complexity index is 543. The van der Waals surface area contributed by atoms with Crippen LogP contribution in [0.4, 0.5) is 4.39 Å². The van der Waals surface area contributed by atoms with Gasteiger partial charge in [0.15, 0.2) is 0 Å². The van der Waals surface area contributed by atoms with Crippen molar-refractivity contribution in [2.75, 3.05) is 0 Å². The van der Waals surface area contributed by atoms with Crippen molar-refractivity contribution in [3.8, 4) is 0 Å². The van der Waals surface area contributed by atoms with Gasteiger partial charge in [-0.2, -0.15) is 0 Å². The van der Waals surface area contributed by atoms with Crippen LogP contribution in [0, 0.1) is 5.82 Å². The zero-order valence-electron chi connectivity index (χ0n) is 10.5. The van der Waals surface area contributed by atoms with Crippen molar-refractivity contribution in [2.45, 2.75) is 39.3 Å². The maximum absolute atomic E-state index is 13.3. The molecule has 0 saturated heterocycles. The molecule has 92 valence electrons. The molecule has 4 heteroatoms. The first-order valence-electron chi connectivity index (χ1n) is 5.94. The fourth-order valence-electron chi connectivity index (χ4n) is 2.01. The summed E-state index contributed by atoms with van der Waals surface area (Å²) < 4.78 is 15.3. The van der Waals surface area contributed by atoms with Crippen LogP contribution in [-0.4, -0.2) is 9.55 Å². The highest BCUT2D eigenvalue weighted by Gasteiger charge is 2.26. The van der Waals surface area contributed by atoms with E-state index >= 15 is 0 Å². The highest BCUT2D eigenvalue weighted by Crippen LogP contribution is 2.26. The van der Waals surface area contributed by atoms with E-state index in [1.165, 1.54) is 12.1 Å². The van der Waals surface area contributed by atoms with Crippen molar-refractivity contribution in [3.63, 3.8) is 0 Å². The summed E-state index contributed by atoms with van der Waals surface area (Å²) in [7, 11) is 0. The normalized spacial score (nSPS) is 15.1. The quantitative estimate of drug-likeness (QED) is 0.889. The Morgan fingerprint density at radius 3 is 2.71 bits per heavy atom. The molecular formula is C13H18FN3. The largest absolute Gasteiger partial charge is 0.327 e. The topological polar surface area (TPSA) is 43.8 Å². The number of aryl methyl sites for hydroxylation is 1. The van der Waals surface area contributed by atoms with Crippen LogP contribution in [0.2, 0.25) is 0 Å². The first-order valence-corrected chi connectivity index (χ1v) is 5.94. The van der Waals surface area contributed by atoms with E-state index in [0.29, 0.717) is 0 Å². The third-order valence-electron chi connectivity index (χ3n) is 3.27. The molecule has 0 aliphatic rings. The van der Waals surface area contributed by atoms with E-state index in [1.807, 2.05) is 25.3 Å². The molecule has 1 unspecified atom stereocenters. The van der Waals surface area contributed by atoms with Crippen LogP contribution >= 0.6 is 0 Å². The number of rotatable bonds is 3. The zero-order chi connectivity index (χ0) is 12.6. The molecule has 0 aliphatic carbocycles. The summed E-state index contributed by atoms with van der Waals surface area (Å²) in [5.41, 5.74) is 7.37. The fourth-order valence-corrected chi connectivity index (χ4v) is 2.01. The van der Waals surface area contributed by atoms with Gasteiger partial charge in [-0.25, -0.2) is 9.37 Å². The number of imidazole rings is 1. The van der Waals surface area contributed by atoms with E-state index in [2.05, 4.69) is 4.98 Å². The summed E-state index contributed by atoms with van der Waals surface area (Å²) in [6.45, 7) is 6.74. The van der Waals surface area contributed by atoms with Crippen LogP contribution in [0.5, 0.6) is 0 Å². The average molecular weight is 235 g/mol. The Morgan fingerprint density at radius 1 is 1.41 bits per heavy atom. The van der Waals surface area contributed by atoms with Gasteiger partial charge in [-0.15, -0.1) is 0 Å². The molecule has 0 radical (unpaired) electrons. The first-order chi connectivity index (χ1) is 7.99. The maximum Gasteiger partial charge on any atom is 0.129 e. The minimum atomic E-state index is -0.481. The number of nitrogens with two attached hydrogens (primary N) is 1. The minimum Gasteiger partial charge on any atom is -0.327 e. The molecule has 1 aromatic heterocycles. The van der Waals surface area contributed by atoms with E-state index in [4.69, 9.17) is 5.73 Å². The average Bonchev–Trinajstić information content (AvgIpc) is 2.67. The van der Waals surface area contributed by atoms with Crippen molar-refractivity contribution < 1.29 is 4.39 Å². The molecule has 0 bridgehead atoms. The lowest BCUT2D eigenvalue weighted by Gasteiger charge is -2.23. The van der Waals surface area contributed by atoms with E-state index in [-0.39, 0.29) is 5.82 Å². The van der Waals surface area contributed by atoms with Gasteiger partial charge in [0, 0.05) is 6.54 Å². The Hall–Kier alpha value is -1.42. The molecule has 0 spiro atoms. The highest BCUT2D eigenvalue weighted by atomic mass is 19.1. The van der Waals surface area contributed by atoms with Crippen LogP contribution < -0.4 is 5.73 Å². The van der Waals surface area contributed by atoms with Crippen molar-refractivity contribution in [2.24, 2.45) is 5.73 Å². The molecule has 0 fully saturated rings. The lowest BCUT2D eigenvalue weighted by molar-refractivity contribution is 0.426. The van der Waals surface area contributed by atoms with Crippen LogP contribution in [0.1, 0.15) is 33.0 Å². The standard InChI is InChI=1S/C13H18FN3/c1-4-13(3,15)12-16-10-7-6-9(14)8-11(10)17(12)5-2/h6-8H,4-5,15H2,1-3H3. The van der Waals surface area contributed by atoms with E-state index in [9.17, 15) is 4.39 Å². The predicted molar refractivity (Wildman–Crippen MR) is 67.2 cm³/mol. The maximum atomic E-state index is 13.3. The SMILES string of the molecule is CCn1c(C(C)(N)CC)nc2ccc(F)cc21. The number of aromatic nitrogens is 2. The summed E-state index contributed by atoms with van der Waals surface area (Å²) in [4.78, 5) is 4.54.